The molecule has 2 aromatic carbocycles. The lowest BCUT2D eigenvalue weighted by Gasteiger charge is -2.10. The molecule has 0 fully saturated rings. The van der Waals surface area contributed by atoms with E-state index in [9.17, 15) is 13.2 Å². The maximum atomic E-state index is 12.3. The molecule has 0 atom stereocenters. The van der Waals surface area contributed by atoms with Crippen LogP contribution in [0.15, 0.2) is 48.6 Å². The number of carbonyl (C=O) groups excluding carboxylic acids is 1. The van der Waals surface area contributed by atoms with E-state index >= 15 is 0 Å². The Morgan fingerprint density at radius 1 is 1.09 bits per heavy atom. The van der Waals surface area contributed by atoms with Crippen LogP contribution in [0.5, 0.6) is 5.75 Å². The molecule has 0 heterocycles. The topological polar surface area (TPSA) is 80.7 Å². The van der Waals surface area contributed by atoms with E-state index in [1.54, 1.807) is 12.1 Å². The van der Waals surface area contributed by atoms with Crippen LogP contribution in [0.2, 0.25) is 5.02 Å². The highest BCUT2D eigenvalue weighted by Crippen LogP contribution is 2.33. The van der Waals surface area contributed by atoms with Crippen molar-refractivity contribution in [1.29, 1.82) is 0 Å². The van der Waals surface area contributed by atoms with Gasteiger partial charge >= 0.3 is 5.97 Å². The van der Waals surface area contributed by atoms with Gasteiger partial charge in [-0.2, -0.15) is 8.42 Å². The largest absolute Gasteiger partial charge is 0.421 e. The van der Waals surface area contributed by atoms with E-state index in [1.165, 1.54) is 6.07 Å². The van der Waals surface area contributed by atoms with E-state index in [0.29, 0.717) is 8.95 Å². The maximum absolute atomic E-state index is 12.3. The fourth-order valence-electron chi connectivity index (χ4n) is 1.61. The van der Waals surface area contributed by atoms with E-state index in [0.717, 1.165) is 16.6 Å². The molecule has 10 heteroatoms. The number of halogens is 4. The van der Waals surface area contributed by atoms with Crippen LogP contribution in [0, 0.1) is 0 Å². The number of benzene rings is 2. The second-order valence-electron chi connectivity index (χ2n) is 4.20. The predicted molar refractivity (Wildman–Crippen MR) is 95.8 cm³/mol. The zero-order chi connectivity index (χ0) is 17.4. The van der Waals surface area contributed by atoms with Gasteiger partial charge in [0.25, 0.3) is 10.1 Å². The molecule has 1 N–H and O–H groups in total. The van der Waals surface area contributed by atoms with Gasteiger partial charge in [-0.25, -0.2) is 4.79 Å². The van der Waals surface area contributed by atoms with Crippen LogP contribution in [0.4, 0.5) is 0 Å². The Kier molecular flexibility index (Phi) is 5.91. The number of esters is 1. The Morgan fingerprint density at radius 3 is 2.13 bits per heavy atom. The van der Waals surface area contributed by atoms with Crippen molar-refractivity contribution >= 4 is 75.5 Å². The van der Waals surface area contributed by atoms with E-state index in [2.05, 4.69) is 47.8 Å². The molecule has 23 heavy (non-hydrogen) atoms. The minimum atomic E-state index is -4.39. The Hall–Kier alpha value is -0.450. The minimum absolute atomic E-state index is 0.0363. The Balaban J connectivity index is 2.35. The Morgan fingerprint density at radius 2 is 1.65 bits per heavy atom. The van der Waals surface area contributed by atoms with Crippen molar-refractivity contribution in [3.05, 3.63) is 54.3 Å². The van der Waals surface area contributed by atoms with Crippen molar-refractivity contribution in [1.82, 2.24) is 0 Å². The average molecular weight is 549 g/mol. The first-order chi connectivity index (χ1) is 10.6. The summed E-state index contributed by atoms with van der Waals surface area (Å²) in [6.45, 7) is 0. The summed E-state index contributed by atoms with van der Waals surface area (Å²) in [6, 6.07) is 6.60. The number of carbonyl (C=O) groups is 1. The van der Waals surface area contributed by atoms with Gasteiger partial charge in [0.2, 0.25) is 0 Å². The standard InChI is InChI=1S/C13H6Br3ClO5S/c14-6-3-8(15)12(9(16)4-6)13(18)22-11-2-1-7(5-10(11)17)23(19,20)21/h1-5H,(H,19,20,21). The first kappa shape index (κ1) is 18.9. The number of hydrogen-bond acceptors (Lipinski definition) is 4. The van der Waals surface area contributed by atoms with Crippen molar-refractivity contribution in [2.45, 2.75) is 4.90 Å². The van der Waals surface area contributed by atoms with Gasteiger partial charge in [-0.05, 0) is 62.2 Å². The van der Waals surface area contributed by atoms with Crippen LogP contribution in [0.25, 0.3) is 0 Å². The number of hydrogen-bond donors (Lipinski definition) is 1. The number of ether oxygens (including phenoxy) is 1. The van der Waals surface area contributed by atoms with Crippen LogP contribution >= 0.6 is 59.4 Å². The Labute approximate surface area is 162 Å². The van der Waals surface area contributed by atoms with Gasteiger partial charge in [0.05, 0.1) is 15.5 Å². The fourth-order valence-corrected chi connectivity index (χ4v) is 4.99. The monoisotopic (exact) mass is 546 g/mol. The third-order valence-corrected chi connectivity index (χ3v) is 5.47. The first-order valence-electron chi connectivity index (χ1n) is 5.73. The van der Waals surface area contributed by atoms with Crippen LogP contribution in [0.3, 0.4) is 0 Å². The lowest BCUT2D eigenvalue weighted by molar-refractivity contribution is 0.0733. The summed E-state index contributed by atoms with van der Waals surface area (Å²) in [4.78, 5) is 11.9. The molecule has 0 saturated heterocycles. The minimum Gasteiger partial charge on any atom is -0.421 e. The Bertz CT molecular complexity index is 875. The highest BCUT2D eigenvalue weighted by atomic mass is 79.9. The van der Waals surface area contributed by atoms with Crippen molar-refractivity contribution in [3.63, 3.8) is 0 Å². The smallest absolute Gasteiger partial charge is 0.345 e. The molecule has 5 nitrogen and oxygen atoms in total. The highest BCUT2D eigenvalue weighted by Gasteiger charge is 2.20. The van der Waals surface area contributed by atoms with Crippen molar-refractivity contribution < 1.29 is 22.5 Å². The molecule has 2 aromatic rings. The van der Waals surface area contributed by atoms with E-state index in [-0.39, 0.29) is 16.3 Å². The molecular weight excluding hydrogens is 543 g/mol. The summed E-state index contributed by atoms with van der Waals surface area (Å²) < 4.78 is 37.9. The van der Waals surface area contributed by atoms with Crippen LogP contribution in [0.1, 0.15) is 10.4 Å². The lowest BCUT2D eigenvalue weighted by Crippen LogP contribution is -2.11. The zero-order valence-corrected chi connectivity index (χ0v) is 17.2. The van der Waals surface area contributed by atoms with E-state index < -0.39 is 21.0 Å². The summed E-state index contributed by atoms with van der Waals surface area (Å²) in [7, 11) is -4.39. The molecule has 2 rings (SSSR count). The lowest BCUT2D eigenvalue weighted by atomic mass is 10.2. The molecule has 0 aliphatic rings. The molecule has 0 aliphatic carbocycles. The fraction of sp³-hybridized carbons (Fsp3) is 0. The maximum Gasteiger partial charge on any atom is 0.345 e. The van der Waals surface area contributed by atoms with Crippen LogP contribution < -0.4 is 4.74 Å². The molecule has 122 valence electrons. The summed E-state index contributed by atoms with van der Waals surface area (Å²) in [5.74, 6) is -0.733. The molecule has 0 unspecified atom stereocenters. The normalized spacial score (nSPS) is 11.3. The molecule has 0 aliphatic heterocycles. The van der Waals surface area contributed by atoms with Gasteiger partial charge in [-0.3, -0.25) is 4.55 Å². The van der Waals surface area contributed by atoms with E-state index in [1.807, 2.05) is 0 Å². The molecule has 0 bridgehead atoms. The summed E-state index contributed by atoms with van der Waals surface area (Å²) in [6.07, 6.45) is 0. The highest BCUT2D eigenvalue weighted by molar-refractivity contribution is 9.11. The molecule has 0 aromatic heterocycles. The van der Waals surface area contributed by atoms with Crippen molar-refractivity contribution in [3.8, 4) is 5.75 Å². The van der Waals surface area contributed by atoms with E-state index in [4.69, 9.17) is 20.9 Å². The van der Waals surface area contributed by atoms with Gasteiger partial charge in [0.15, 0.2) is 0 Å². The van der Waals surface area contributed by atoms with Crippen molar-refractivity contribution in [2.75, 3.05) is 0 Å². The second kappa shape index (κ2) is 7.20. The molecular formula is C13H6Br3ClO5S. The SMILES string of the molecule is O=C(Oc1ccc(S(=O)(=O)O)cc1Cl)c1c(Br)cc(Br)cc1Br. The van der Waals surface area contributed by atoms with Gasteiger partial charge < -0.3 is 4.74 Å². The van der Waals surface area contributed by atoms with Crippen molar-refractivity contribution in [2.24, 2.45) is 0 Å². The van der Waals surface area contributed by atoms with Gasteiger partial charge in [0, 0.05) is 13.4 Å². The summed E-state index contributed by atoms with van der Waals surface area (Å²) >= 11 is 15.7. The van der Waals surface area contributed by atoms with Gasteiger partial charge in [0.1, 0.15) is 5.75 Å². The van der Waals surface area contributed by atoms with Crippen LogP contribution in [-0.4, -0.2) is 18.9 Å². The van der Waals surface area contributed by atoms with Gasteiger partial charge in [-0.1, -0.05) is 27.5 Å². The predicted octanol–water partition coefficient (Wildman–Crippen LogP) is 5.09. The summed E-state index contributed by atoms with van der Waals surface area (Å²) in [5, 5.41) is -0.127. The average Bonchev–Trinajstić information content (AvgIpc) is 2.38. The molecule has 0 amide bonds. The number of rotatable bonds is 3. The first-order valence-corrected chi connectivity index (χ1v) is 9.93. The third-order valence-electron chi connectivity index (χ3n) is 2.61. The zero-order valence-electron chi connectivity index (χ0n) is 10.9. The summed E-state index contributed by atoms with van der Waals surface area (Å²) in [5.41, 5.74) is 0.239. The molecule has 0 radical (unpaired) electrons. The third kappa shape index (κ3) is 4.55. The second-order valence-corrected chi connectivity index (χ2v) is 8.65. The molecule has 0 saturated carbocycles. The molecule has 0 spiro atoms. The van der Waals surface area contributed by atoms with Crippen LogP contribution in [-0.2, 0) is 10.1 Å². The van der Waals surface area contributed by atoms with Gasteiger partial charge in [-0.15, -0.1) is 0 Å². The quantitative estimate of drug-likeness (QED) is 0.328.